The molecule has 0 aliphatic carbocycles. The number of primary sulfonamides is 1. The van der Waals surface area contributed by atoms with Crippen LogP contribution in [0.25, 0.3) is 0 Å². The van der Waals surface area contributed by atoms with Crippen LogP contribution in [-0.4, -0.2) is 32.6 Å². The zero-order valence-corrected chi connectivity index (χ0v) is 12.5. The van der Waals surface area contributed by atoms with Crippen LogP contribution in [0.3, 0.4) is 0 Å². The minimum absolute atomic E-state index is 0.0887. The lowest BCUT2D eigenvalue weighted by Crippen LogP contribution is -2.12. The Morgan fingerprint density at radius 2 is 1.95 bits per heavy atom. The smallest absolute Gasteiger partial charge is 0.238 e. The van der Waals surface area contributed by atoms with E-state index in [4.69, 9.17) is 15.6 Å². The molecule has 0 heterocycles. The van der Waals surface area contributed by atoms with Gasteiger partial charge in [-0.15, -0.1) is 0 Å². The molecule has 4 N–H and O–H groups in total. The van der Waals surface area contributed by atoms with Crippen LogP contribution in [0.1, 0.15) is 13.3 Å². The van der Waals surface area contributed by atoms with E-state index in [1.165, 1.54) is 12.1 Å². The third-order valence-electron chi connectivity index (χ3n) is 2.48. The fourth-order valence-corrected chi connectivity index (χ4v) is 2.85. The van der Waals surface area contributed by atoms with Crippen molar-refractivity contribution in [3.05, 3.63) is 24.3 Å². The van der Waals surface area contributed by atoms with Gasteiger partial charge in [-0.2, -0.15) is 11.8 Å². The number of hydrogen-bond acceptors (Lipinski definition) is 5. The molecule has 0 spiro atoms. The molecular formula is C12H20N2O3S2. The van der Waals surface area contributed by atoms with Crippen LogP contribution < -0.4 is 15.6 Å². The van der Waals surface area contributed by atoms with E-state index < -0.39 is 10.0 Å². The topological polar surface area (TPSA) is 95.4 Å². The Kier molecular flexibility index (Phi) is 6.64. The van der Waals surface area contributed by atoms with Gasteiger partial charge in [-0.05, 0) is 37.2 Å². The van der Waals surface area contributed by atoms with Crippen molar-refractivity contribution in [2.24, 2.45) is 10.9 Å². The second kappa shape index (κ2) is 7.74. The van der Waals surface area contributed by atoms with Gasteiger partial charge in [0.15, 0.2) is 0 Å². The molecule has 0 bridgehead atoms. The van der Waals surface area contributed by atoms with Crippen molar-refractivity contribution in [2.75, 3.05) is 18.9 Å². The van der Waals surface area contributed by atoms with Crippen LogP contribution in [0.15, 0.2) is 29.2 Å². The second-order valence-electron chi connectivity index (χ2n) is 4.12. The highest BCUT2D eigenvalue weighted by molar-refractivity contribution is 7.99. The van der Waals surface area contributed by atoms with Crippen molar-refractivity contribution in [1.29, 1.82) is 0 Å². The van der Waals surface area contributed by atoms with Crippen molar-refractivity contribution >= 4 is 21.8 Å². The summed E-state index contributed by atoms with van der Waals surface area (Å²) in [5, 5.41) is 5.53. The molecule has 0 radical (unpaired) electrons. The number of rotatable bonds is 8. The predicted molar refractivity (Wildman–Crippen MR) is 78.9 cm³/mol. The van der Waals surface area contributed by atoms with Crippen LogP contribution in [0.5, 0.6) is 5.75 Å². The monoisotopic (exact) mass is 304 g/mol. The summed E-state index contributed by atoms with van der Waals surface area (Å²) in [6.07, 6.45) is 0.994. The van der Waals surface area contributed by atoms with Gasteiger partial charge in [0.25, 0.3) is 0 Å². The lowest BCUT2D eigenvalue weighted by Gasteiger charge is -2.10. The number of thioether (sulfide) groups is 1. The highest BCUT2D eigenvalue weighted by Crippen LogP contribution is 2.16. The van der Waals surface area contributed by atoms with Crippen LogP contribution in [0, 0.1) is 0 Å². The molecule has 0 fully saturated rings. The van der Waals surface area contributed by atoms with Gasteiger partial charge in [0.05, 0.1) is 11.5 Å². The van der Waals surface area contributed by atoms with Gasteiger partial charge in [0.1, 0.15) is 5.75 Å². The zero-order valence-electron chi connectivity index (χ0n) is 10.9. The van der Waals surface area contributed by atoms with Crippen LogP contribution in [0.4, 0.5) is 0 Å². The molecule has 1 rings (SSSR count). The summed E-state index contributed by atoms with van der Waals surface area (Å²) >= 11 is 1.81. The minimum atomic E-state index is -3.63. The van der Waals surface area contributed by atoms with Crippen LogP contribution in [-0.2, 0) is 10.0 Å². The van der Waals surface area contributed by atoms with Gasteiger partial charge in [-0.3, -0.25) is 0 Å². The average Bonchev–Trinajstić information content (AvgIpc) is 2.34. The predicted octanol–water partition coefficient (Wildman–Crippen LogP) is 1.18. The van der Waals surface area contributed by atoms with E-state index in [0.717, 1.165) is 12.2 Å². The zero-order chi connectivity index (χ0) is 14.3. The Hall–Kier alpha value is -0.760. The lowest BCUT2D eigenvalue weighted by atomic mass is 10.3. The fourth-order valence-electron chi connectivity index (χ4n) is 1.45. The third-order valence-corrected chi connectivity index (χ3v) is 4.62. The molecule has 1 unspecified atom stereocenters. The molecule has 0 aromatic heterocycles. The summed E-state index contributed by atoms with van der Waals surface area (Å²) in [5.74, 6) is 1.51. The van der Waals surface area contributed by atoms with Crippen molar-refractivity contribution < 1.29 is 13.2 Å². The van der Waals surface area contributed by atoms with Gasteiger partial charge in [-0.25, -0.2) is 13.6 Å². The molecule has 19 heavy (non-hydrogen) atoms. The van der Waals surface area contributed by atoms with Crippen molar-refractivity contribution in [3.8, 4) is 5.75 Å². The number of benzene rings is 1. The number of ether oxygens (including phenoxy) is 1. The standard InChI is InChI=1S/C12H20N2O3S2/c1-10(6-7-13)18-9-8-17-11-2-4-12(5-3-11)19(14,15)16/h2-5,10H,6-9,13H2,1H3,(H2,14,15,16). The fraction of sp³-hybridized carbons (Fsp3) is 0.500. The Labute approximate surface area is 118 Å². The molecule has 0 saturated carbocycles. The normalized spacial score (nSPS) is 13.2. The van der Waals surface area contributed by atoms with Crippen LogP contribution >= 0.6 is 11.8 Å². The first-order valence-corrected chi connectivity index (χ1v) is 8.60. The molecule has 1 atom stereocenters. The van der Waals surface area contributed by atoms with Gasteiger partial charge >= 0.3 is 0 Å². The Balaban J connectivity index is 2.35. The van der Waals surface area contributed by atoms with Gasteiger partial charge in [0, 0.05) is 11.0 Å². The van der Waals surface area contributed by atoms with Crippen molar-refractivity contribution in [2.45, 2.75) is 23.5 Å². The number of nitrogens with two attached hydrogens (primary N) is 2. The summed E-state index contributed by atoms with van der Waals surface area (Å²) in [6.45, 7) is 3.41. The van der Waals surface area contributed by atoms with Crippen molar-refractivity contribution in [3.63, 3.8) is 0 Å². The molecule has 1 aromatic carbocycles. The van der Waals surface area contributed by atoms with Gasteiger partial charge in [-0.1, -0.05) is 6.92 Å². The lowest BCUT2D eigenvalue weighted by molar-refractivity contribution is 0.343. The van der Waals surface area contributed by atoms with E-state index in [1.54, 1.807) is 23.9 Å². The third kappa shape index (κ3) is 6.29. The second-order valence-corrected chi connectivity index (χ2v) is 7.23. The first kappa shape index (κ1) is 16.3. The van der Waals surface area contributed by atoms with Gasteiger partial charge < -0.3 is 10.5 Å². The minimum Gasteiger partial charge on any atom is -0.493 e. The molecule has 5 nitrogen and oxygen atoms in total. The Bertz CT molecular complexity index is 474. The number of hydrogen-bond donors (Lipinski definition) is 2. The van der Waals surface area contributed by atoms with E-state index in [9.17, 15) is 8.42 Å². The maximum Gasteiger partial charge on any atom is 0.238 e. The van der Waals surface area contributed by atoms with E-state index in [0.29, 0.717) is 24.2 Å². The van der Waals surface area contributed by atoms with E-state index in [1.807, 2.05) is 0 Å². The first-order chi connectivity index (χ1) is 8.93. The summed E-state index contributed by atoms with van der Waals surface area (Å²) in [7, 11) is -3.63. The average molecular weight is 304 g/mol. The van der Waals surface area contributed by atoms with E-state index in [-0.39, 0.29) is 4.90 Å². The molecule has 108 valence electrons. The maximum absolute atomic E-state index is 11.1. The summed E-state index contributed by atoms with van der Waals surface area (Å²) in [4.78, 5) is 0.0887. The summed E-state index contributed by atoms with van der Waals surface area (Å²) in [6, 6.07) is 6.09. The highest BCUT2D eigenvalue weighted by atomic mass is 32.2. The molecule has 0 aliphatic rings. The molecule has 0 amide bonds. The van der Waals surface area contributed by atoms with Crippen molar-refractivity contribution in [1.82, 2.24) is 0 Å². The van der Waals surface area contributed by atoms with Crippen LogP contribution in [0.2, 0.25) is 0 Å². The summed E-state index contributed by atoms with van der Waals surface area (Å²) < 4.78 is 27.6. The molecule has 1 aromatic rings. The number of sulfonamides is 1. The quantitative estimate of drug-likeness (QED) is 0.703. The molecule has 0 aliphatic heterocycles. The van der Waals surface area contributed by atoms with E-state index in [2.05, 4.69) is 6.92 Å². The molecular weight excluding hydrogens is 284 g/mol. The first-order valence-electron chi connectivity index (χ1n) is 6.01. The molecule has 7 heteroatoms. The Morgan fingerprint density at radius 1 is 1.32 bits per heavy atom. The SMILES string of the molecule is CC(CCN)SCCOc1ccc(S(N)(=O)=O)cc1. The molecule has 0 saturated heterocycles. The highest BCUT2D eigenvalue weighted by Gasteiger charge is 2.07. The maximum atomic E-state index is 11.1. The largest absolute Gasteiger partial charge is 0.493 e. The Morgan fingerprint density at radius 3 is 2.47 bits per heavy atom. The van der Waals surface area contributed by atoms with E-state index >= 15 is 0 Å². The van der Waals surface area contributed by atoms with Gasteiger partial charge in [0.2, 0.25) is 10.0 Å². The summed E-state index contributed by atoms with van der Waals surface area (Å²) in [5.41, 5.74) is 5.47.